The van der Waals surface area contributed by atoms with Crippen LogP contribution in [0, 0.1) is 0 Å². The lowest BCUT2D eigenvalue weighted by Crippen LogP contribution is -2.62. The van der Waals surface area contributed by atoms with Gasteiger partial charge in [0.1, 0.15) is 10.4 Å². The van der Waals surface area contributed by atoms with Crippen LogP contribution in [0.4, 0.5) is 11.4 Å². The number of nitrogens with two attached hydrogens (primary N) is 2. The molecule has 5 N–H and O–H groups in total. The normalized spacial score (nSPS) is 18.8. The molecule has 110 valence electrons. The van der Waals surface area contributed by atoms with E-state index < -0.39 is 15.6 Å². The monoisotopic (exact) mass is 298 g/mol. The second kappa shape index (κ2) is 4.64. The smallest absolute Gasteiger partial charge is 0.245 e. The van der Waals surface area contributed by atoms with Crippen molar-refractivity contribution in [3.05, 3.63) is 18.2 Å². The van der Waals surface area contributed by atoms with Crippen LogP contribution in [0.2, 0.25) is 0 Å². The van der Waals surface area contributed by atoms with Gasteiger partial charge in [-0.2, -0.15) is 0 Å². The van der Waals surface area contributed by atoms with Gasteiger partial charge in [-0.1, -0.05) is 0 Å². The highest BCUT2D eigenvalue weighted by Crippen LogP contribution is 2.32. The molecule has 2 rings (SSSR count). The third-order valence-corrected chi connectivity index (χ3v) is 4.37. The Morgan fingerprint density at radius 3 is 2.60 bits per heavy atom. The molecule has 7 nitrogen and oxygen atoms in total. The molecular formula is C12H18N4O3S. The molecule has 1 fully saturated rings. The largest absolute Gasteiger partial charge is 0.399 e. The molecule has 0 saturated carbocycles. The van der Waals surface area contributed by atoms with Crippen molar-refractivity contribution in [1.29, 1.82) is 0 Å². The summed E-state index contributed by atoms with van der Waals surface area (Å²) in [6.45, 7) is 4.39. The number of piperazine rings is 1. The van der Waals surface area contributed by atoms with E-state index in [9.17, 15) is 13.2 Å². The Morgan fingerprint density at radius 1 is 1.35 bits per heavy atom. The number of carbonyl (C=O) groups is 1. The van der Waals surface area contributed by atoms with Gasteiger partial charge in [0.2, 0.25) is 15.9 Å². The summed E-state index contributed by atoms with van der Waals surface area (Å²) < 4.78 is 23.5. The van der Waals surface area contributed by atoms with Crippen LogP contribution >= 0.6 is 0 Å². The number of sulfonamides is 1. The van der Waals surface area contributed by atoms with Crippen molar-refractivity contribution in [3.8, 4) is 0 Å². The first-order valence-electron chi connectivity index (χ1n) is 6.12. The fourth-order valence-electron chi connectivity index (χ4n) is 2.30. The number of hydrogen-bond donors (Lipinski definition) is 3. The molecule has 0 spiro atoms. The quantitative estimate of drug-likeness (QED) is 0.644. The molecule has 1 aromatic rings. The van der Waals surface area contributed by atoms with E-state index in [4.69, 9.17) is 10.9 Å². The first-order chi connectivity index (χ1) is 9.14. The number of rotatable bonds is 2. The van der Waals surface area contributed by atoms with E-state index in [1.165, 1.54) is 6.07 Å². The van der Waals surface area contributed by atoms with E-state index in [0.29, 0.717) is 24.5 Å². The van der Waals surface area contributed by atoms with Gasteiger partial charge in [-0.3, -0.25) is 4.79 Å². The number of benzene rings is 1. The highest BCUT2D eigenvalue weighted by Gasteiger charge is 2.39. The van der Waals surface area contributed by atoms with Crippen LogP contribution in [0.3, 0.4) is 0 Å². The Labute approximate surface area is 118 Å². The van der Waals surface area contributed by atoms with Gasteiger partial charge >= 0.3 is 0 Å². The highest BCUT2D eigenvalue weighted by atomic mass is 32.2. The molecule has 1 saturated heterocycles. The van der Waals surface area contributed by atoms with Crippen molar-refractivity contribution < 1.29 is 13.2 Å². The van der Waals surface area contributed by atoms with Crippen molar-refractivity contribution in [2.24, 2.45) is 5.14 Å². The van der Waals surface area contributed by atoms with E-state index in [-0.39, 0.29) is 10.8 Å². The summed E-state index contributed by atoms with van der Waals surface area (Å²) in [5.74, 6) is -0.166. The van der Waals surface area contributed by atoms with Crippen LogP contribution in [0.1, 0.15) is 13.8 Å². The Morgan fingerprint density at radius 2 is 2.00 bits per heavy atom. The predicted octanol–water partition coefficient (Wildman–Crippen LogP) is -0.369. The average Bonchev–Trinajstić information content (AvgIpc) is 2.32. The molecule has 0 atom stereocenters. The van der Waals surface area contributed by atoms with E-state index in [1.54, 1.807) is 30.9 Å². The third-order valence-electron chi connectivity index (χ3n) is 3.43. The van der Waals surface area contributed by atoms with Gasteiger partial charge in [0.15, 0.2) is 0 Å². The molecular weight excluding hydrogens is 280 g/mol. The zero-order chi connectivity index (χ0) is 15.1. The van der Waals surface area contributed by atoms with Gasteiger partial charge in [0, 0.05) is 18.8 Å². The number of hydrogen-bond acceptors (Lipinski definition) is 5. The standard InChI is InChI=1S/C12H18N4O3S/c1-12(2)11(17)15-5-6-16(12)9-4-3-8(13)7-10(9)20(14,18)19/h3-4,7H,5-6,13H2,1-2H3,(H,15,17)(H2,14,18,19). The van der Waals surface area contributed by atoms with Gasteiger partial charge in [0.05, 0.1) is 5.69 Å². The molecule has 1 aliphatic rings. The molecule has 8 heteroatoms. The molecule has 1 heterocycles. The molecule has 0 radical (unpaired) electrons. The third kappa shape index (κ3) is 2.44. The molecule has 1 aromatic carbocycles. The summed E-state index contributed by atoms with van der Waals surface area (Å²) in [6, 6.07) is 4.48. The Bertz CT molecular complexity index is 655. The lowest BCUT2D eigenvalue weighted by molar-refractivity contribution is -0.126. The number of nitrogens with zero attached hydrogens (tertiary/aromatic N) is 1. The summed E-state index contributed by atoms with van der Waals surface area (Å²) in [5.41, 5.74) is 5.46. The van der Waals surface area contributed by atoms with Gasteiger partial charge in [-0.25, -0.2) is 13.6 Å². The maximum absolute atomic E-state index is 12.0. The average molecular weight is 298 g/mol. The van der Waals surface area contributed by atoms with E-state index in [2.05, 4.69) is 5.32 Å². The van der Waals surface area contributed by atoms with Crippen molar-refractivity contribution >= 4 is 27.3 Å². The molecule has 1 amide bonds. The van der Waals surface area contributed by atoms with Gasteiger partial charge in [-0.15, -0.1) is 0 Å². The maximum atomic E-state index is 12.0. The van der Waals surface area contributed by atoms with Crippen LogP contribution in [0.15, 0.2) is 23.1 Å². The predicted molar refractivity (Wildman–Crippen MR) is 76.7 cm³/mol. The zero-order valence-corrected chi connectivity index (χ0v) is 12.2. The maximum Gasteiger partial charge on any atom is 0.245 e. The minimum Gasteiger partial charge on any atom is -0.399 e. The summed E-state index contributed by atoms with van der Waals surface area (Å²) in [4.78, 5) is 13.6. The van der Waals surface area contributed by atoms with E-state index in [0.717, 1.165) is 0 Å². The van der Waals surface area contributed by atoms with Crippen molar-refractivity contribution in [2.75, 3.05) is 23.7 Å². The van der Waals surface area contributed by atoms with Crippen molar-refractivity contribution in [3.63, 3.8) is 0 Å². The summed E-state index contributed by atoms with van der Waals surface area (Å²) >= 11 is 0. The molecule has 1 aliphatic heterocycles. The number of nitrogens with one attached hydrogen (secondary N) is 1. The van der Waals surface area contributed by atoms with E-state index >= 15 is 0 Å². The second-order valence-corrected chi connectivity index (χ2v) is 6.77. The van der Waals surface area contributed by atoms with Crippen LogP contribution in [0.5, 0.6) is 0 Å². The fraction of sp³-hybridized carbons (Fsp3) is 0.417. The highest BCUT2D eigenvalue weighted by molar-refractivity contribution is 7.89. The van der Waals surface area contributed by atoms with Crippen LogP contribution in [-0.2, 0) is 14.8 Å². The second-order valence-electron chi connectivity index (χ2n) is 5.24. The number of primary sulfonamides is 1. The number of anilines is 2. The van der Waals surface area contributed by atoms with Gasteiger partial charge in [-0.05, 0) is 32.0 Å². The SMILES string of the molecule is CC1(C)C(=O)NCCN1c1ccc(N)cc1S(N)(=O)=O. The molecule has 0 bridgehead atoms. The minimum atomic E-state index is -3.93. The Hall–Kier alpha value is -1.80. The molecule has 0 aromatic heterocycles. The molecule has 0 aliphatic carbocycles. The zero-order valence-electron chi connectivity index (χ0n) is 11.4. The van der Waals surface area contributed by atoms with E-state index in [1.807, 2.05) is 0 Å². The van der Waals surface area contributed by atoms with Crippen LogP contribution < -0.4 is 21.1 Å². The molecule has 0 unspecified atom stereocenters. The Kier molecular flexibility index (Phi) is 3.39. The fourth-order valence-corrected chi connectivity index (χ4v) is 3.07. The lowest BCUT2D eigenvalue weighted by Gasteiger charge is -2.43. The number of nitrogen functional groups attached to an aromatic ring is 1. The molecule has 20 heavy (non-hydrogen) atoms. The minimum absolute atomic E-state index is 0.0692. The van der Waals surface area contributed by atoms with Gasteiger partial charge < -0.3 is 16.0 Å². The van der Waals surface area contributed by atoms with Crippen molar-refractivity contribution in [2.45, 2.75) is 24.3 Å². The van der Waals surface area contributed by atoms with Crippen molar-refractivity contribution in [1.82, 2.24) is 5.32 Å². The first-order valence-corrected chi connectivity index (χ1v) is 7.67. The number of carbonyl (C=O) groups excluding carboxylic acids is 1. The topological polar surface area (TPSA) is 119 Å². The lowest BCUT2D eigenvalue weighted by atomic mass is 9.98. The Balaban J connectivity index is 2.61. The number of amides is 1. The first kappa shape index (κ1) is 14.6. The van der Waals surface area contributed by atoms with Crippen LogP contribution in [-0.4, -0.2) is 33.0 Å². The van der Waals surface area contributed by atoms with Gasteiger partial charge in [0.25, 0.3) is 0 Å². The summed E-state index contributed by atoms with van der Waals surface area (Å²) in [6.07, 6.45) is 0. The van der Waals surface area contributed by atoms with Crippen LogP contribution in [0.25, 0.3) is 0 Å². The summed E-state index contributed by atoms with van der Waals surface area (Å²) in [7, 11) is -3.93. The summed E-state index contributed by atoms with van der Waals surface area (Å²) in [5, 5.41) is 8.00.